The van der Waals surface area contributed by atoms with Gasteiger partial charge in [-0.25, -0.2) is 0 Å². The number of benzene rings is 2. The van der Waals surface area contributed by atoms with Crippen molar-refractivity contribution < 1.29 is 23.8 Å². The summed E-state index contributed by atoms with van der Waals surface area (Å²) in [7, 11) is 3.04. The number of ether oxygens (including phenoxy) is 3. The number of rotatable bonds is 10. The molecule has 27 heavy (non-hydrogen) atoms. The Morgan fingerprint density at radius 2 is 1.59 bits per heavy atom. The average Bonchev–Trinajstić information content (AvgIpc) is 2.71. The quantitative estimate of drug-likeness (QED) is 0.623. The highest BCUT2D eigenvalue weighted by molar-refractivity contribution is 5.94. The molecule has 2 aromatic carbocycles. The zero-order valence-electron chi connectivity index (χ0n) is 15.5. The van der Waals surface area contributed by atoms with Crippen molar-refractivity contribution in [1.82, 2.24) is 10.6 Å². The maximum absolute atomic E-state index is 12.1. The molecule has 2 rings (SSSR count). The molecule has 7 nitrogen and oxygen atoms in total. The predicted molar refractivity (Wildman–Crippen MR) is 101 cm³/mol. The number of amides is 2. The second-order valence-electron chi connectivity index (χ2n) is 5.59. The van der Waals surface area contributed by atoms with Crippen molar-refractivity contribution in [3.63, 3.8) is 0 Å². The van der Waals surface area contributed by atoms with Crippen LogP contribution in [0.25, 0.3) is 0 Å². The van der Waals surface area contributed by atoms with E-state index in [9.17, 15) is 9.59 Å². The Morgan fingerprint density at radius 3 is 2.30 bits per heavy atom. The summed E-state index contributed by atoms with van der Waals surface area (Å²) in [5, 5.41) is 5.48. The number of carbonyl (C=O) groups excluding carboxylic acids is 2. The van der Waals surface area contributed by atoms with Crippen molar-refractivity contribution in [2.75, 3.05) is 33.9 Å². The minimum absolute atomic E-state index is 0.133. The van der Waals surface area contributed by atoms with E-state index in [2.05, 4.69) is 10.6 Å². The molecule has 2 amide bonds. The number of carbonyl (C=O) groups is 2. The molecule has 2 aromatic rings. The maximum Gasteiger partial charge on any atom is 0.251 e. The van der Waals surface area contributed by atoms with E-state index < -0.39 is 0 Å². The molecule has 0 heterocycles. The van der Waals surface area contributed by atoms with Crippen LogP contribution in [-0.2, 0) is 4.79 Å². The Morgan fingerprint density at radius 1 is 0.889 bits per heavy atom. The minimum Gasteiger partial charge on any atom is -0.493 e. The van der Waals surface area contributed by atoms with Crippen LogP contribution in [0.2, 0.25) is 0 Å². The van der Waals surface area contributed by atoms with Gasteiger partial charge in [-0.15, -0.1) is 0 Å². The number of nitrogens with one attached hydrogen (secondary N) is 2. The third kappa shape index (κ3) is 6.54. The predicted octanol–water partition coefficient (Wildman–Crippen LogP) is 2.02. The summed E-state index contributed by atoms with van der Waals surface area (Å²) in [4.78, 5) is 23.9. The van der Waals surface area contributed by atoms with Crippen molar-refractivity contribution in [3.05, 3.63) is 54.1 Å². The van der Waals surface area contributed by atoms with Crippen LogP contribution in [0.3, 0.4) is 0 Å². The molecule has 144 valence electrons. The van der Waals surface area contributed by atoms with Crippen LogP contribution in [0.1, 0.15) is 16.8 Å². The first-order chi connectivity index (χ1) is 13.1. The van der Waals surface area contributed by atoms with Gasteiger partial charge in [-0.05, 0) is 30.3 Å². The Kier molecular flexibility index (Phi) is 7.96. The SMILES string of the molecule is COc1ccc(C(=O)NCCNC(=O)CCOc2ccccc2)cc1OC. The third-order valence-corrected chi connectivity index (χ3v) is 3.72. The molecular formula is C20H24N2O5. The van der Waals surface area contributed by atoms with Crippen LogP contribution in [-0.4, -0.2) is 45.7 Å². The van der Waals surface area contributed by atoms with Gasteiger partial charge in [0, 0.05) is 18.7 Å². The fourth-order valence-corrected chi connectivity index (χ4v) is 2.32. The van der Waals surface area contributed by atoms with Crippen molar-refractivity contribution >= 4 is 11.8 Å². The fraction of sp³-hybridized carbons (Fsp3) is 0.300. The van der Waals surface area contributed by atoms with E-state index >= 15 is 0 Å². The van der Waals surface area contributed by atoms with E-state index in [1.54, 1.807) is 18.2 Å². The van der Waals surface area contributed by atoms with E-state index in [0.29, 0.717) is 36.8 Å². The first-order valence-corrected chi connectivity index (χ1v) is 8.59. The van der Waals surface area contributed by atoms with E-state index in [4.69, 9.17) is 14.2 Å². The molecule has 0 saturated heterocycles. The maximum atomic E-state index is 12.1. The molecule has 0 radical (unpaired) electrons. The lowest BCUT2D eigenvalue weighted by molar-refractivity contribution is -0.121. The lowest BCUT2D eigenvalue weighted by Crippen LogP contribution is -2.35. The minimum atomic E-state index is -0.252. The van der Waals surface area contributed by atoms with Crippen LogP contribution in [0, 0.1) is 0 Å². The van der Waals surface area contributed by atoms with Crippen LogP contribution in [0.15, 0.2) is 48.5 Å². The van der Waals surface area contributed by atoms with Crippen LogP contribution in [0.4, 0.5) is 0 Å². The summed E-state index contributed by atoms with van der Waals surface area (Å²) in [5.41, 5.74) is 0.454. The van der Waals surface area contributed by atoms with Crippen LogP contribution < -0.4 is 24.8 Å². The van der Waals surface area contributed by atoms with Gasteiger partial charge in [0.1, 0.15) is 5.75 Å². The number of hydrogen-bond acceptors (Lipinski definition) is 5. The van der Waals surface area contributed by atoms with Crippen molar-refractivity contribution in [2.45, 2.75) is 6.42 Å². The molecule has 0 unspecified atom stereocenters. The summed E-state index contributed by atoms with van der Waals surface area (Å²) in [6, 6.07) is 14.2. The monoisotopic (exact) mass is 372 g/mol. The van der Waals surface area contributed by atoms with Crippen molar-refractivity contribution in [3.8, 4) is 17.2 Å². The molecule has 0 aliphatic heterocycles. The molecule has 0 aromatic heterocycles. The molecule has 0 atom stereocenters. The van der Waals surface area contributed by atoms with E-state index in [0.717, 1.165) is 5.75 Å². The second kappa shape index (κ2) is 10.7. The van der Waals surface area contributed by atoms with Gasteiger partial charge in [-0.3, -0.25) is 9.59 Å². The largest absolute Gasteiger partial charge is 0.493 e. The van der Waals surface area contributed by atoms with Crippen LogP contribution in [0.5, 0.6) is 17.2 Å². The second-order valence-corrected chi connectivity index (χ2v) is 5.59. The topological polar surface area (TPSA) is 85.9 Å². The smallest absolute Gasteiger partial charge is 0.251 e. The van der Waals surface area contributed by atoms with Gasteiger partial charge >= 0.3 is 0 Å². The summed E-state index contributed by atoms with van der Waals surface area (Å²) in [6.45, 7) is 0.954. The first kappa shape index (κ1) is 20.1. The summed E-state index contributed by atoms with van der Waals surface area (Å²) in [5.74, 6) is 1.38. The Bertz CT molecular complexity index is 749. The fourth-order valence-electron chi connectivity index (χ4n) is 2.32. The molecule has 0 aliphatic carbocycles. The molecule has 0 bridgehead atoms. The molecule has 0 aliphatic rings. The van der Waals surface area contributed by atoms with Gasteiger partial charge < -0.3 is 24.8 Å². The van der Waals surface area contributed by atoms with E-state index in [-0.39, 0.29) is 18.2 Å². The standard InChI is InChI=1S/C20H24N2O5/c1-25-17-9-8-15(14-18(17)26-2)20(24)22-12-11-21-19(23)10-13-27-16-6-4-3-5-7-16/h3-9,14H,10-13H2,1-2H3,(H,21,23)(H,22,24). The summed E-state index contributed by atoms with van der Waals surface area (Å²) in [6.07, 6.45) is 0.249. The highest BCUT2D eigenvalue weighted by atomic mass is 16.5. The summed E-state index contributed by atoms with van der Waals surface area (Å²) >= 11 is 0. The van der Waals surface area contributed by atoms with Crippen LogP contribution >= 0.6 is 0 Å². The van der Waals surface area contributed by atoms with Gasteiger partial charge in [0.25, 0.3) is 5.91 Å². The van der Waals surface area contributed by atoms with E-state index in [1.165, 1.54) is 14.2 Å². The number of para-hydroxylation sites is 1. The molecule has 0 saturated carbocycles. The Balaban J connectivity index is 1.65. The Hall–Kier alpha value is -3.22. The number of methoxy groups -OCH3 is 2. The number of hydrogen-bond donors (Lipinski definition) is 2. The zero-order valence-corrected chi connectivity index (χ0v) is 15.5. The molecule has 0 fully saturated rings. The van der Waals surface area contributed by atoms with Crippen molar-refractivity contribution in [2.24, 2.45) is 0 Å². The highest BCUT2D eigenvalue weighted by Gasteiger charge is 2.10. The van der Waals surface area contributed by atoms with Gasteiger partial charge in [0.05, 0.1) is 27.2 Å². The Labute approximate surface area is 158 Å². The van der Waals surface area contributed by atoms with Gasteiger partial charge in [0.15, 0.2) is 11.5 Å². The molecule has 2 N–H and O–H groups in total. The molecule has 7 heteroatoms. The normalized spacial score (nSPS) is 10.0. The highest BCUT2D eigenvalue weighted by Crippen LogP contribution is 2.27. The van der Waals surface area contributed by atoms with Crippen molar-refractivity contribution in [1.29, 1.82) is 0 Å². The molecular weight excluding hydrogens is 348 g/mol. The lowest BCUT2D eigenvalue weighted by Gasteiger charge is -2.10. The van der Waals surface area contributed by atoms with Gasteiger partial charge in [-0.2, -0.15) is 0 Å². The lowest BCUT2D eigenvalue weighted by atomic mass is 10.2. The van der Waals surface area contributed by atoms with Gasteiger partial charge in [0.2, 0.25) is 5.91 Å². The van der Waals surface area contributed by atoms with Gasteiger partial charge in [-0.1, -0.05) is 18.2 Å². The first-order valence-electron chi connectivity index (χ1n) is 8.59. The van der Waals surface area contributed by atoms with E-state index in [1.807, 2.05) is 30.3 Å². The summed E-state index contributed by atoms with van der Waals surface area (Å²) < 4.78 is 15.8. The molecule has 0 spiro atoms. The zero-order chi connectivity index (χ0) is 19.5. The average molecular weight is 372 g/mol. The third-order valence-electron chi connectivity index (χ3n) is 3.72.